The molecule has 6 aromatic carbocycles. The number of hydrogen-bond acceptors (Lipinski definition) is 8. The normalized spacial score (nSPS) is 14.8. The first-order chi connectivity index (χ1) is 36.7. The first kappa shape index (κ1) is 49.8. The van der Waals surface area contributed by atoms with Crippen LogP contribution >= 0.6 is 41.7 Å². The zero-order valence-electron chi connectivity index (χ0n) is 42.6. The van der Waals surface area contributed by atoms with E-state index in [9.17, 15) is 0 Å². The first-order valence-electron chi connectivity index (χ1n) is 25.7. The van der Waals surface area contributed by atoms with Crippen molar-refractivity contribution in [1.29, 1.82) is 0 Å². The van der Waals surface area contributed by atoms with Crippen molar-refractivity contribution in [2.24, 2.45) is 11.8 Å². The molecular formula is C65H55N4OOsPS3+. The third-order valence-electron chi connectivity index (χ3n) is 14.5. The summed E-state index contributed by atoms with van der Waals surface area (Å²) in [7, 11) is -2.64. The van der Waals surface area contributed by atoms with Gasteiger partial charge in [-0.2, -0.15) is 0 Å². The predicted octanol–water partition coefficient (Wildman–Crippen LogP) is 16.1. The third-order valence-corrected chi connectivity index (χ3v) is 22.8. The van der Waals surface area contributed by atoms with Gasteiger partial charge in [-0.3, -0.25) is 0 Å². The molecule has 1 aliphatic heterocycles. The molecule has 10 aromatic rings. The number of fused-ring (bicyclic) bond motifs is 5. The molecule has 1 aliphatic carbocycles. The van der Waals surface area contributed by atoms with Crippen molar-refractivity contribution in [3.05, 3.63) is 202 Å². The maximum absolute atomic E-state index is 6.28. The Morgan fingerprint density at radius 2 is 1.19 bits per heavy atom. The minimum Gasteiger partial charge on any atom is -0.0625 e. The third kappa shape index (κ3) is 8.63. The average molecular weight is 1230 g/mol. The Morgan fingerprint density at radius 1 is 0.667 bits per heavy atom. The fourth-order valence-corrected chi connectivity index (χ4v) is 20.3. The quantitative estimate of drug-likeness (QED) is 0.0802. The number of rotatable bonds is 14. The molecule has 0 unspecified atom stereocenters. The van der Waals surface area contributed by atoms with Gasteiger partial charge in [-0.15, -0.1) is 6.58 Å². The average Bonchev–Trinajstić information content (AvgIpc) is 4.30. The van der Waals surface area contributed by atoms with Crippen molar-refractivity contribution in [1.82, 2.24) is 18.7 Å². The molecule has 0 spiro atoms. The van der Waals surface area contributed by atoms with E-state index in [-0.39, 0.29) is 0 Å². The van der Waals surface area contributed by atoms with Gasteiger partial charge in [0, 0.05) is 4.88 Å². The number of nitrogens with zero attached hydrogens (tertiary/aromatic N) is 4. The van der Waals surface area contributed by atoms with Gasteiger partial charge in [-0.1, -0.05) is 50.3 Å². The van der Waals surface area contributed by atoms with Gasteiger partial charge in [0.25, 0.3) is 0 Å². The molecule has 75 heavy (non-hydrogen) atoms. The second kappa shape index (κ2) is 20.8. The van der Waals surface area contributed by atoms with Crippen molar-refractivity contribution in [2.45, 2.75) is 53.9 Å². The second-order valence-corrected chi connectivity index (χ2v) is 26.9. The Labute approximate surface area is 462 Å². The number of thiophene rings is 2. The van der Waals surface area contributed by atoms with Crippen LogP contribution in [0.5, 0.6) is 0 Å². The molecule has 0 saturated carbocycles. The van der Waals surface area contributed by atoms with Gasteiger partial charge >= 0.3 is 374 Å². The van der Waals surface area contributed by atoms with Crippen molar-refractivity contribution in [3.8, 4) is 47.8 Å². The van der Waals surface area contributed by atoms with Gasteiger partial charge < -0.3 is 0 Å². The van der Waals surface area contributed by atoms with E-state index in [0.717, 1.165) is 84.7 Å². The van der Waals surface area contributed by atoms with Crippen LogP contribution in [-0.2, 0) is 41.9 Å². The van der Waals surface area contributed by atoms with Gasteiger partial charge in [0.2, 0.25) is 0 Å². The zero-order chi connectivity index (χ0) is 51.4. The predicted molar refractivity (Wildman–Crippen MR) is 319 cm³/mol. The summed E-state index contributed by atoms with van der Waals surface area (Å²) in [6.07, 6.45) is 9.35. The molecule has 4 aromatic heterocycles. The molecular weight excluding hydrogens is 1170 g/mol. The van der Waals surface area contributed by atoms with Gasteiger partial charge in [-0.05, 0) is 29.7 Å². The van der Waals surface area contributed by atoms with Crippen LogP contribution in [-0.4, -0.2) is 31.9 Å². The monoisotopic (exact) mass is 1230 g/mol. The van der Waals surface area contributed by atoms with Crippen LogP contribution in [0.25, 0.3) is 81.8 Å². The van der Waals surface area contributed by atoms with Crippen molar-refractivity contribution < 1.29 is 22.7 Å². The molecule has 0 bridgehead atoms. The molecule has 0 amide bonds. The fourth-order valence-electron chi connectivity index (χ4n) is 11.3. The van der Waals surface area contributed by atoms with E-state index in [2.05, 4.69) is 197 Å². The number of ether oxygens (including phenoxy) is 1. The number of benzene rings is 6. The molecule has 0 radical (unpaired) electrons. The van der Waals surface area contributed by atoms with Crippen LogP contribution in [0.4, 0.5) is 0 Å². The molecule has 2 aliphatic rings. The van der Waals surface area contributed by atoms with E-state index in [1.807, 2.05) is 46.7 Å². The number of allylic oxidation sites excluding steroid dienone is 5. The molecule has 5 heterocycles. The molecule has 5 nitrogen and oxygen atoms in total. The summed E-state index contributed by atoms with van der Waals surface area (Å²) in [5, 5.41) is 7.43. The smallest absolute Gasteiger partial charge is 0.0625 e. The summed E-state index contributed by atoms with van der Waals surface area (Å²) >= 11 is 6.80. The molecule has 12 rings (SSSR count). The summed E-state index contributed by atoms with van der Waals surface area (Å²) in [6, 6.07) is 51.5. The van der Waals surface area contributed by atoms with E-state index < -0.39 is 7.26 Å². The fraction of sp³-hybridized carbons (Fsp3) is 0.185. The first-order valence-corrected chi connectivity index (χ1v) is 31.1. The summed E-state index contributed by atoms with van der Waals surface area (Å²) in [5.74, 6) is 0.861. The minimum atomic E-state index is -2.64. The Bertz CT molecular complexity index is 3910. The van der Waals surface area contributed by atoms with Crippen LogP contribution in [0, 0.1) is 16.2 Å². The van der Waals surface area contributed by atoms with Crippen LogP contribution in [0.3, 0.4) is 0 Å². The van der Waals surface area contributed by atoms with Gasteiger partial charge in [0.1, 0.15) is 0 Å². The van der Waals surface area contributed by atoms with Gasteiger partial charge in [-0.25, -0.2) is 0 Å². The van der Waals surface area contributed by atoms with E-state index >= 15 is 0 Å². The molecule has 10 heteroatoms. The van der Waals surface area contributed by atoms with Crippen LogP contribution in [0.15, 0.2) is 181 Å². The molecule has 1 saturated heterocycles. The molecule has 0 atom stereocenters. The topological polar surface area (TPSA) is 60.8 Å². The van der Waals surface area contributed by atoms with E-state index in [4.69, 9.17) is 23.5 Å². The molecule has 0 N–H and O–H groups in total. The summed E-state index contributed by atoms with van der Waals surface area (Å²) in [6.45, 7) is 16.7. The van der Waals surface area contributed by atoms with E-state index in [1.54, 1.807) is 0 Å². The van der Waals surface area contributed by atoms with Gasteiger partial charge in [0.05, 0.1) is 0 Å². The van der Waals surface area contributed by atoms with E-state index in [1.165, 1.54) is 81.3 Å². The zero-order valence-corrected chi connectivity index (χ0v) is 48.5. The Kier molecular flexibility index (Phi) is 13.8. The summed E-state index contributed by atoms with van der Waals surface area (Å²) in [4.78, 5) is 16.5. The molecule has 1 fully saturated rings. The van der Waals surface area contributed by atoms with Crippen molar-refractivity contribution in [3.63, 3.8) is 0 Å². The Morgan fingerprint density at radius 3 is 1.71 bits per heavy atom. The van der Waals surface area contributed by atoms with Crippen LogP contribution in [0.1, 0.15) is 55.5 Å². The van der Waals surface area contributed by atoms with Crippen LogP contribution in [0.2, 0.25) is 0 Å². The summed E-state index contributed by atoms with van der Waals surface area (Å²) < 4.78 is 20.8. The van der Waals surface area contributed by atoms with Crippen molar-refractivity contribution >= 4 is 96.0 Å². The minimum absolute atomic E-state index is 0.364. The SMILES string of the molecule is C=CCc1sc(-c2c3nsnc3c(-c3cc(CC(C)C)c(C(C=C4COCC4=CC)=C([C]#[Os])[P+](c4ccccc4)(c4ccccc4)c4ccccc4)s3)c3nc4c(nc23)-c2cccc3cccc-4c23)cc1CC(C)C. The standard InChI is InChI=1S/C65H55N4OPS3.Os/c1-8-21-53-44(32-39(3)4)35-54(72-53)57-61-62(67-60-51-31-20-23-43-22-19-30-50(56(43)51)59(60)66-61)58(64-63(57)68-74-69-64)55-36-45(33-40(5)6)65(73-55)52(34-46-38-70-37-42(46)9-2)41(7)71(47-24-13-10-14-25-47,48-26-15-11-16-27-48)49-28-17-12-18-29-49;/h8-20,22-31,34-36,39-40H,1,21,32-33,37-38H2,2-6H3;/q+1;. The Hall–Kier alpha value is -6.09. The number of aromatic nitrogens is 4. The summed E-state index contributed by atoms with van der Waals surface area (Å²) in [5.41, 5.74) is 15.7. The van der Waals surface area contributed by atoms with Gasteiger partial charge in [0.15, 0.2) is 0 Å². The Balaban J connectivity index is 1.21. The maximum atomic E-state index is 6.28. The second-order valence-electron chi connectivity index (χ2n) is 20.3. The van der Waals surface area contributed by atoms with E-state index in [0.29, 0.717) is 25.0 Å². The van der Waals surface area contributed by atoms with Crippen molar-refractivity contribution in [2.75, 3.05) is 13.2 Å². The number of hydrogen-bond donors (Lipinski definition) is 0. The van der Waals surface area contributed by atoms with Crippen LogP contribution < -0.4 is 15.9 Å². The molecule has 371 valence electrons.